The number of thioether (sulfide) groups is 1. The molecule has 0 radical (unpaired) electrons. The van der Waals surface area contributed by atoms with Gasteiger partial charge in [-0.3, -0.25) is 14.4 Å². The minimum atomic E-state index is -0.515. The Balaban J connectivity index is 1.57. The zero-order valence-corrected chi connectivity index (χ0v) is 19.1. The van der Waals surface area contributed by atoms with Crippen molar-refractivity contribution in [3.05, 3.63) is 34.9 Å². The summed E-state index contributed by atoms with van der Waals surface area (Å²) < 4.78 is 5.26. The predicted octanol–water partition coefficient (Wildman–Crippen LogP) is 3.36. The van der Waals surface area contributed by atoms with E-state index in [0.29, 0.717) is 31.0 Å². The molecule has 0 aliphatic carbocycles. The number of benzene rings is 1. The molecule has 1 aromatic carbocycles. The highest BCUT2D eigenvalue weighted by Gasteiger charge is 2.34. The number of para-hydroxylation sites is 1. The predicted molar refractivity (Wildman–Crippen MR) is 118 cm³/mol. The molecule has 0 atom stereocenters. The third-order valence-corrected chi connectivity index (χ3v) is 6.68. The second kappa shape index (κ2) is 9.15. The summed E-state index contributed by atoms with van der Waals surface area (Å²) in [6.45, 7) is 6.16. The smallest absolute Gasteiger partial charge is 0.309 e. The van der Waals surface area contributed by atoms with E-state index in [1.54, 1.807) is 16.8 Å². The lowest BCUT2D eigenvalue weighted by Gasteiger charge is -2.34. The minimum absolute atomic E-state index is 0.0120. The lowest BCUT2D eigenvalue weighted by Crippen LogP contribution is -2.45. The number of carbonyl (C=O) groups is 3. The SMILES string of the molecule is CN1/C(=C(\C#N)C(=O)COC(=O)C2CCN(C(=O)C(C)(C)C)CC2)Sc2ccccc21. The average molecular weight is 442 g/mol. The Morgan fingerprint density at radius 2 is 1.84 bits per heavy atom. The number of ketones is 1. The summed E-state index contributed by atoms with van der Waals surface area (Å²) in [5, 5.41) is 10.1. The molecular weight excluding hydrogens is 414 g/mol. The molecule has 8 heteroatoms. The maximum Gasteiger partial charge on any atom is 0.309 e. The van der Waals surface area contributed by atoms with Crippen LogP contribution in [0.2, 0.25) is 0 Å². The highest BCUT2D eigenvalue weighted by Crippen LogP contribution is 2.46. The van der Waals surface area contributed by atoms with Gasteiger partial charge >= 0.3 is 5.97 Å². The molecule has 3 rings (SSSR count). The first kappa shape index (κ1) is 22.9. The van der Waals surface area contributed by atoms with E-state index < -0.39 is 23.8 Å². The lowest BCUT2D eigenvalue weighted by molar-refractivity contribution is -0.154. The number of piperidine rings is 1. The van der Waals surface area contributed by atoms with E-state index in [0.717, 1.165) is 10.6 Å². The Hall–Kier alpha value is -2.79. The fourth-order valence-corrected chi connectivity index (χ4v) is 4.83. The number of amides is 1. The molecule has 2 aliphatic rings. The number of esters is 1. The van der Waals surface area contributed by atoms with Gasteiger partial charge in [0.15, 0.2) is 6.61 Å². The third-order valence-electron chi connectivity index (χ3n) is 5.45. The quantitative estimate of drug-likeness (QED) is 0.402. The number of nitriles is 1. The molecule has 0 spiro atoms. The Kier molecular flexibility index (Phi) is 6.75. The van der Waals surface area contributed by atoms with Gasteiger partial charge in [-0.1, -0.05) is 44.7 Å². The van der Waals surface area contributed by atoms with Gasteiger partial charge in [0.2, 0.25) is 11.7 Å². The van der Waals surface area contributed by atoms with Crippen molar-refractivity contribution in [1.82, 2.24) is 4.90 Å². The number of likely N-dealkylation sites (tertiary alicyclic amines) is 1. The number of ether oxygens (including phenoxy) is 1. The van der Waals surface area contributed by atoms with Crippen molar-refractivity contribution in [3.63, 3.8) is 0 Å². The van der Waals surface area contributed by atoms with Crippen LogP contribution < -0.4 is 4.90 Å². The monoisotopic (exact) mass is 441 g/mol. The van der Waals surface area contributed by atoms with E-state index in [-0.39, 0.29) is 17.4 Å². The third kappa shape index (κ3) is 4.93. The van der Waals surface area contributed by atoms with E-state index in [9.17, 15) is 19.6 Å². The Bertz CT molecular complexity index is 966. The second-order valence-corrected chi connectivity index (χ2v) is 9.80. The summed E-state index contributed by atoms with van der Waals surface area (Å²) in [5.41, 5.74) is 0.463. The van der Waals surface area contributed by atoms with Crippen LogP contribution in [0.4, 0.5) is 5.69 Å². The fourth-order valence-electron chi connectivity index (χ4n) is 3.67. The number of rotatable bonds is 4. The summed E-state index contributed by atoms with van der Waals surface area (Å²) in [4.78, 5) is 42.0. The first-order valence-electron chi connectivity index (χ1n) is 10.3. The topological polar surface area (TPSA) is 90.7 Å². The molecule has 0 saturated carbocycles. The molecule has 1 fully saturated rings. The maximum absolute atomic E-state index is 12.6. The summed E-state index contributed by atoms with van der Waals surface area (Å²) in [6.07, 6.45) is 1.02. The molecule has 2 aliphatic heterocycles. The van der Waals surface area contributed by atoms with Crippen molar-refractivity contribution in [2.45, 2.75) is 38.5 Å². The summed E-state index contributed by atoms with van der Waals surface area (Å²) in [6, 6.07) is 9.63. The molecule has 0 aromatic heterocycles. The van der Waals surface area contributed by atoms with Gasteiger partial charge in [-0.05, 0) is 25.0 Å². The molecule has 0 N–H and O–H groups in total. The summed E-state index contributed by atoms with van der Waals surface area (Å²) in [5.74, 6) is -1.24. The van der Waals surface area contributed by atoms with Crippen LogP contribution in [0.5, 0.6) is 0 Å². The molecule has 2 heterocycles. The molecule has 1 saturated heterocycles. The van der Waals surface area contributed by atoms with E-state index >= 15 is 0 Å². The highest BCUT2D eigenvalue weighted by atomic mass is 32.2. The number of anilines is 1. The molecule has 1 aromatic rings. The molecule has 0 bridgehead atoms. The summed E-state index contributed by atoms with van der Waals surface area (Å²) >= 11 is 1.36. The Morgan fingerprint density at radius 1 is 1.19 bits per heavy atom. The maximum atomic E-state index is 12.6. The number of nitrogens with zero attached hydrogens (tertiary/aromatic N) is 3. The number of fused-ring (bicyclic) bond motifs is 1. The standard InChI is InChI=1S/C23H27N3O4S/c1-23(2,3)22(29)26-11-9-15(10-12-26)21(28)30-14-18(27)16(13-24)20-25(4)17-7-5-6-8-19(17)31-20/h5-8,15H,9-12,14H2,1-4H3/b20-16-. The van der Waals surface area contributed by atoms with E-state index in [4.69, 9.17) is 4.74 Å². The van der Waals surface area contributed by atoms with Gasteiger partial charge < -0.3 is 14.5 Å². The van der Waals surface area contributed by atoms with Crippen LogP contribution in [0.15, 0.2) is 39.8 Å². The van der Waals surface area contributed by atoms with Gasteiger partial charge in [-0.25, -0.2) is 0 Å². The van der Waals surface area contributed by atoms with Gasteiger partial charge in [0.1, 0.15) is 16.7 Å². The van der Waals surface area contributed by atoms with Crippen molar-refractivity contribution in [3.8, 4) is 6.07 Å². The van der Waals surface area contributed by atoms with E-state index in [1.165, 1.54) is 11.8 Å². The Labute approximate surface area is 187 Å². The molecule has 1 amide bonds. The van der Waals surface area contributed by atoms with Crippen molar-refractivity contribution in [1.29, 1.82) is 5.26 Å². The first-order valence-corrected chi connectivity index (χ1v) is 11.1. The number of Topliss-reactive ketones (excluding diaryl/α,β-unsaturated/α-hetero) is 1. The number of hydrogen-bond donors (Lipinski definition) is 0. The van der Waals surface area contributed by atoms with Crippen LogP contribution in [-0.4, -0.2) is 49.3 Å². The van der Waals surface area contributed by atoms with Crippen LogP contribution >= 0.6 is 11.8 Å². The number of carbonyl (C=O) groups excluding carboxylic acids is 3. The van der Waals surface area contributed by atoms with Crippen LogP contribution in [0, 0.1) is 22.7 Å². The highest BCUT2D eigenvalue weighted by molar-refractivity contribution is 8.03. The van der Waals surface area contributed by atoms with Crippen LogP contribution in [0.1, 0.15) is 33.6 Å². The van der Waals surface area contributed by atoms with Gasteiger partial charge in [-0.15, -0.1) is 0 Å². The van der Waals surface area contributed by atoms with Crippen molar-refractivity contribution >= 4 is 35.1 Å². The van der Waals surface area contributed by atoms with Gasteiger partial charge in [0, 0.05) is 30.4 Å². The first-order chi connectivity index (χ1) is 14.6. The van der Waals surface area contributed by atoms with Gasteiger partial charge in [0.05, 0.1) is 11.6 Å². The van der Waals surface area contributed by atoms with Crippen molar-refractivity contribution < 1.29 is 19.1 Å². The molecule has 164 valence electrons. The van der Waals surface area contributed by atoms with E-state index in [2.05, 4.69) is 0 Å². The summed E-state index contributed by atoms with van der Waals surface area (Å²) in [7, 11) is 1.80. The van der Waals surface area contributed by atoms with Crippen molar-refractivity contribution in [2.24, 2.45) is 11.3 Å². The largest absolute Gasteiger partial charge is 0.457 e. The fraction of sp³-hybridized carbons (Fsp3) is 0.478. The van der Waals surface area contributed by atoms with Crippen LogP contribution in [0.25, 0.3) is 0 Å². The Morgan fingerprint density at radius 3 is 2.42 bits per heavy atom. The average Bonchev–Trinajstić information content (AvgIpc) is 3.08. The zero-order valence-electron chi connectivity index (χ0n) is 18.3. The van der Waals surface area contributed by atoms with E-state index in [1.807, 2.05) is 51.1 Å². The molecule has 7 nitrogen and oxygen atoms in total. The van der Waals surface area contributed by atoms with Crippen LogP contribution in [0.3, 0.4) is 0 Å². The molecule has 0 unspecified atom stereocenters. The minimum Gasteiger partial charge on any atom is -0.457 e. The molecular formula is C23H27N3O4S. The van der Waals surface area contributed by atoms with Crippen molar-refractivity contribution in [2.75, 3.05) is 31.6 Å². The van der Waals surface area contributed by atoms with Gasteiger partial charge in [0.25, 0.3) is 0 Å². The normalized spacial score (nSPS) is 18.3. The second-order valence-electron chi connectivity index (χ2n) is 8.77. The number of hydrogen-bond acceptors (Lipinski definition) is 7. The van der Waals surface area contributed by atoms with Gasteiger partial charge in [-0.2, -0.15) is 5.26 Å². The molecule has 31 heavy (non-hydrogen) atoms. The zero-order chi connectivity index (χ0) is 22.8. The lowest BCUT2D eigenvalue weighted by atomic mass is 9.91. The van der Waals surface area contributed by atoms with Crippen LogP contribution in [-0.2, 0) is 19.1 Å².